The Hall–Kier alpha value is -0.120. The number of nitrogens with zero attached hydrogens (tertiary/aromatic N) is 1. The van der Waals surface area contributed by atoms with Crippen LogP contribution in [0, 0.1) is 0 Å². The van der Waals surface area contributed by atoms with E-state index in [0.29, 0.717) is 6.10 Å². The van der Waals surface area contributed by atoms with E-state index in [2.05, 4.69) is 24.1 Å². The van der Waals surface area contributed by atoms with E-state index in [0.717, 1.165) is 13.2 Å². The minimum absolute atomic E-state index is 0.284. The van der Waals surface area contributed by atoms with Gasteiger partial charge < -0.3 is 10.1 Å². The van der Waals surface area contributed by atoms with Crippen LogP contribution < -0.4 is 5.32 Å². The van der Waals surface area contributed by atoms with Crippen LogP contribution in [0.5, 0.6) is 0 Å². The number of hydrogen-bond donors (Lipinski definition) is 1. The predicted octanol–water partition coefficient (Wildman–Crippen LogP) is 0.849. The molecule has 1 N–H and O–H groups in total. The van der Waals surface area contributed by atoms with Crippen molar-refractivity contribution in [2.24, 2.45) is 0 Å². The predicted molar refractivity (Wildman–Crippen MR) is 57.5 cm³/mol. The molecule has 0 aliphatic carbocycles. The van der Waals surface area contributed by atoms with Crippen LogP contribution in [-0.4, -0.2) is 49.3 Å². The lowest BCUT2D eigenvalue weighted by atomic mass is 9.92. The van der Waals surface area contributed by atoms with Crippen LogP contribution in [0.3, 0.4) is 0 Å². The van der Waals surface area contributed by atoms with Crippen LogP contribution in [0.25, 0.3) is 0 Å². The molecule has 0 aromatic rings. The molecule has 2 fully saturated rings. The summed E-state index contributed by atoms with van der Waals surface area (Å²) in [6, 6.07) is 0. The topological polar surface area (TPSA) is 24.5 Å². The first-order valence-corrected chi connectivity index (χ1v) is 5.81. The summed E-state index contributed by atoms with van der Waals surface area (Å²) in [6.45, 7) is 10.2. The summed E-state index contributed by atoms with van der Waals surface area (Å²) in [5.41, 5.74) is 0.284. The third-order valence-electron chi connectivity index (χ3n) is 3.91. The van der Waals surface area contributed by atoms with Crippen LogP contribution in [0.15, 0.2) is 0 Å². The van der Waals surface area contributed by atoms with Crippen LogP contribution in [0.2, 0.25) is 0 Å². The summed E-state index contributed by atoms with van der Waals surface area (Å²) in [6.07, 6.45) is 2.84. The lowest BCUT2D eigenvalue weighted by Crippen LogP contribution is -2.52. The van der Waals surface area contributed by atoms with Gasteiger partial charge in [-0.15, -0.1) is 0 Å². The molecule has 0 aromatic heterocycles. The molecule has 2 heterocycles. The zero-order valence-electron chi connectivity index (χ0n) is 9.38. The zero-order valence-corrected chi connectivity index (χ0v) is 9.38. The maximum absolute atomic E-state index is 5.70. The van der Waals surface area contributed by atoms with Crippen molar-refractivity contribution in [1.82, 2.24) is 10.2 Å². The average molecular weight is 198 g/mol. The molecule has 3 heteroatoms. The molecule has 2 rings (SSSR count). The van der Waals surface area contributed by atoms with Gasteiger partial charge in [0.05, 0.1) is 6.10 Å². The van der Waals surface area contributed by atoms with Crippen molar-refractivity contribution >= 4 is 0 Å². The molecule has 0 bridgehead atoms. The van der Waals surface area contributed by atoms with Crippen molar-refractivity contribution < 1.29 is 4.74 Å². The first kappa shape index (κ1) is 10.4. The second kappa shape index (κ2) is 4.17. The smallest absolute Gasteiger partial charge is 0.0728 e. The van der Waals surface area contributed by atoms with Crippen molar-refractivity contribution in [3.63, 3.8) is 0 Å². The van der Waals surface area contributed by atoms with Gasteiger partial charge in [-0.25, -0.2) is 0 Å². The van der Waals surface area contributed by atoms with Gasteiger partial charge in [-0.3, -0.25) is 4.90 Å². The summed E-state index contributed by atoms with van der Waals surface area (Å²) in [5.74, 6) is 0. The van der Waals surface area contributed by atoms with Crippen LogP contribution >= 0.6 is 0 Å². The van der Waals surface area contributed by atoms with Crippen molar-refractivity contribution in [3.05, 3.63) is 0 Å². The van der Waals surface area contributed by atoms with Crippen molar-refractivity contribution in [2.45, 2.75) is 38.3 Å². The van der Waals surface area contributed by atoms with Gasteiger partial charge in [0.2, 0.25) is 0 Å². The van der Waals surface area contributed by atoms with Gasteiger partial charge in [-0.05, 0) is 33.2 Å². The van der Waals surface area contributed by atoms with E-state index in [4.69, 9.17) is 4.74 Å². The Morgan fingerprint density at radius 3 is 2.93 bits per heavy atom. The first-order valence-electron chi connectivity index (χ1n) is 5.81. The molecule has 2 saturated heterocycles. The average Bonchev–Trinajstić information content (AvgIpc) is 2.47. The van der Waals surface area contributed by atoms with Gasteiger partial charge >= 0.3 is 0 Å². The molecule has 2 aliphatic rings. The normalized spacial score (nSPS) is 41.1. The third kappa shape index (κ3) is 1.81. The molecule has 2 unspecified atom stereocenters. The maximum Gasteiger partial charge on any atom is 0.0728 e. The summed E-state index contributed by atoms with van der Waals surface area (Å²) in [7, 11) is 0. The van der Waals surface area contributed by atoms with Crippen LogP contribution in [-0.2, 0) is 4.74 Å². The second-order valence-electron chi connectivity index (χ2n) is 4.71. The second-order valence-corrected chi connectivity index (χ2v) is 4.71. The molecule has 82 valence electrons. The molecule has 14 heavy (non-hydrogen) atoms. The van der Waals surface area contributed by atoms with Gasteiger partial charge in [-0.1, -0.05) is 0 Å². The van der Waals surface area contributed by atoms with E-state index in [-0.39, 0.29) is 5.54 Å². The highest BCUT2D eigenvalue weighted by Gasteiger charge is 2.41. The Morgan fingerprint density at radius 2 is 2.21 bits per heavy atom. The lowest BCUT2D eigenvalue weighted by molar-refractivity contribution is 0.0236. The van der Waals surface area contributed by atoms with Crippen molar-refractivity contribution in [3.8, 4) is 0 Å². The highest BCUT2D eigenvalue weighted by atomic mass is 16.5. The van der Waals surface area contributed by atoms with Crippen molar-refractivity contribution in [1.29, 1.82) is 0 Å². The summed E-state index contributed by atoms with van der Waals surface area (Å²) in [4.78, 5) is 2.62. The SMILES string of the molecule is CC1OCCC1(C)N1CCCNCC1. The van der Waals surface area contributed by atoms with Gasteiger partial charge in [0.25, 0.3) is 0 Å². The van der Waals surface area contributed by atoms with E-state index in [1.807, 2.05) is 0 Å². The Kier molecular flexibility index (Phi) is 3.10. The van der Waals surface area contributed by atoms with Crippen molar-refractivity contribution in [2.75, 3.05) is 32.8 Å². The molecule has 0 spiro atoms. The van der Waals surface area contributed by atoms with Gasteiger partial charge in [0, 0.05) is 31.8 Å². The molecule has 0 aromatic carbocycles. The molecule has 0 saturated carbocycles. The van der Waals surface area contributed by atoms with E-state index in [9.17, 15) is 0 Å². The Bertz CT molecular complexity index is 190. The first-order chi connectivity index (χ1) is 6.73. The molecule has 0 radical (unpaired) electrons. The number of hydrogen-bond acceptors (Lipinski definition) is 3. The monoisotopic (exact) mass is 198 g/mol. The minimum atomic E-state index is 0.284. The number of ether oxygens (including phenoxy) is 1. The molecule has 2 atom stereocenters. The lowest BCUT2D eigenvalue weighted by Gasteiger charge is -2.39. The molecule has 0 amide bonds. The zero-order chi connectivity index (χ0) is 10.0. The Morgan fingerprint density at radius 1 is 1.36 bits per heavy atom. The largest absolute Gasteiger partial charge is 0.377 e. The number of rotatable bonds is 1. The third-order valence-corrected chi connectivity index (χ3v) is 3.91. The summed E-state index contributed by atoms with van der Waals surface area (Å²) >= 11 is 0. The minimum Gasteiger partial charge on any atom is -0.377 e. The van der Waals surface area contributed by atoms with Gasteiger partial charge in [-0.2, -0.15) is 0 Å². The summed E-state index contributed by atoms with van der Waals surface area (Å²) < 4.78 is 5.70. The highest BCUT2D eigenvalue weighted by Crippen LogP contribution is 2.31. The fourth-order valence-electron chi connectivity index (χ4n) is 2.60. The Balaban J connectivity index is 2.03. The fraction of sp³-hybridized carbons (Fsp3) is 1.00. The quantitative estimate of drug-likeness (QED) is 0.676. The van der Waals surface area contributed by atoms with E-state index >= 15 is 0 Å². The molecule has 3 nitrogen and oxygen atoms in total. The van der Waals surface area contributed by atoms with Crippen LogP contribution in [0.1, 0.15) is 26.7 Å². The molecular formula is C11H22N2O. The molecular weight excluding hydrogens is 176 g/mol. The fourth-order valence-corrected chi connectivity index (χ4v) is 2.60. The Labute approximate surface area is 86.8 Å². The van der Waals surface area contributed by atoms with Gasteiger partial charge in [0.1, 0.15) is 0 Å². The van der Waals surface area contributed by atoms with Gasteiger partial charge in [0.15, 0.2) is 0 Å². The molecule has 2 aliphatic heterocycles. The highest BCUT2D eigenvalue weighted by molar-refractivity contribution is 4.96. The van der Waals surface area contributed by atoms with Crippen LogP contribution in [0.4, 0.5) is 0 Å². The van der Waals surface area contributed by atoms with E-state index in [1.165, 1.54) is 32.5 Å². The number of nitrogens with one attached hydrogen (secondary N) is 1. The summed E-state index contributed by atoms with van der Waals surface area (Å²) in [5, 5.41) is 3.45. The van der Waals surface area contributed by atoms with E-state index in [1.54, 1.807) is 0 Å². The van der Waals surface area contributed by atoms with E-state index < -0.39 is 0 Å². The standard InChI is InChI=1S/C11H22N2O/c1-10-11(2,4-9-14-10)13-7-3-5-12-6-8-13/h10,12H,3-9H2,1-2H3. The maximum atomic E-state index is 5.70.